The molecule has 1 fully saturated rings. The number of carbonyl (C=O) groups is 3. The molecule has 162 valence electrons. The first kappa shape index (κ1) is 20.9. The van der Waals surface area contributed by atoms with Crippen LogP contribution in [0.3, 0.4) is 0 Å². The lowest BCUT2D eigenvalue weighted by Crippen LogP contribution is -2.34. The van der Waals surface area contributed by atoms with E-state index in [1.54, 1.807) is 6.92 Å². The third-order valence-electron chi connectivity index (χ3n) is 6.12. The van der Waals surface area contributed by atoms with Crippen molar-refractivity contribution in [3.05, 3.63) is 59.7 Å². The largest absolute Gasteiger partial charge is 0.481 e. The van der Waals surface area contributed by atoms with E-state index < -0.39 is 18.0 Å². The molecule has 1 unspecified atom stereocenters. The molecular weight excluding hydrogens is 396 g/mol. The molecule has 2 aliphatic rings. The highest BCUT2D eigenvalue weighted by molar-refractivity contribution is 5.82. The molecule has 0 radical (unpaired) electrons. The summed E-state index contributed by atoms with van der Waals surface area (Å²) in [7, 11) is 0. The van der Waals surface area contributed by atoms with Crippen molar-refractivity contribution in [2.24, 2.45) is 17.8 Å². The molecule has 2 aromatic rings. The van der Waals surface area contributed by atoms with Gasteiger partial charge in [-0.1, -0.05) is 55.5 Å². The van der Waals surface area contributed by atoms with Crippen LogP contribution in [0.15, 0.2) is 48.5 Å². The van der Waals surface area contributed by atoms with E-state index in [2.05, 4.69) is 34.9 Å². The van der Waals surface area contributed by atoms with Crippen LogP contribution in [0.25, 0.3) is 11.1 Å². The maximum Gasteiger partial charge on any atom is 0.407 e. The molecule has 0 bridgehead atoms. The number of carboxylic acids is 1. The van der Waals surface area contributed by atoms with Gasteiger partial charge in [-0.3, -0.25) is 9.59 Å². The molecule has 0 saturated heterocycles. The zero-order valence-electron chi connectivity index (χ0n) is 17.3. The smallest absolute Gasteiger partial charge is 0.407 e. The molecule has 0 heterocycles. The quantitative estimate of drug-likeness (QED) is 0.607. The summed E-state index contributed by atoms with van der Waals surface area (Å²) >= 11 is 0. The first-order valence-electron chi connectivity index (χ1n) is 10.5. The number of amides is 2. The van der Waals surface area contributed by atoms with Crippen LogP contribution in [0.5, 0.6) is 0 Å². The molecule has 7 nitrogen and oxygen atoms in total. The molecule has 7 heteroatoms. The first-order chi connectivity index (χ1) is 15.0. The Balaban J connectivity index is 1.23. The van der Waals surface area contributed by atoms with Crippen LogP contribution < -0.4 is 10.6 Å². The molecule has 2 amide bonds. The van der Waals surface area contributed by atoms with Crippen LogP contribution >= 0.6 is 0 Å². The fourth-order valence-electron chi connectivity index (χ4n) is 4.13. The van der Waals surface area contributed by atoms with E-state index in [-0.39, 0.29) is 36.8 Å². The van der Waals surface area contributed by atoms with Crippen molar-refractivity contribution in [2.75, 3.05) is 19.7 Å². The molecule has 31 heavy (non-hydrogen) atoms. The Morgan fingerprint density at radius 2 is 1.65 bits per heavy atom. The summed E-state index contributed by atoms with van der Waals surface area (Å²) in [6.07, 6.45) is 0.184. The summed E-state index contributed by atoms with van der Waals surface area (Å²) in [5, 5.41) is 14.3. The van der Waals surface area contributed by atoms with E-state index in [4.69, 9.17) is 9.84 Å². The fraction of sp³-hybridized carbons (Fsp3) is 0.375. The second kappa shape index (κ2) is 8.79. The van der Waals surface area contributed by atoms with Crippen LogP contribution in [0.2, 0.25) is 0 Å². The summed E-state index contributed by atoms with van der Waals surface area (Å²) in [5.41, 5.74) is 4.67. The Bertz CT molecular complexity index is 959. The van der Waals surface area contributed by atoms with Gasteiger partial charge in [-0.05, 0) is 34.6 Å². The van der Waals surface area contributed by atoms with E-state index in [1.807, 2.05) is 24.3 Å². The van der Waals surface area contributed by atoms with Crippen LogP contribution in [0.4, 0.5) is 4.79 Å². The van der Waals surface area contributed by atoms with Gasteiger partial charge in [0, 0.05) is 24.9 Å². The van der Waals surface area contributed by atoms with Gasteiger partial charge in [0.05, 0.1) is 5.92 Å². The number of aliphatic carboxylic acids is 1. The third kappa shape index (κ3) is 4.55. The predicted molar refractivity (Wildman–Crippen MR) is 114 cm³/mol. The number of hydrogen-bond donors (Lipinski definition) is 3. The zero-order valence-corrected chi connectivity index (χ0v) is 17.3. The van der Waals surface area contributed by atoms with Crippen LogP contribution in [0.1, 0.15) is 30.4 Å². The Morgan fingerprint density at radius 1 is 1.03 bits per heavy atom. The lowest BCUT2D eigenvalue weighted by Gasteiger charge is -2.14. The minimum atomic E-state index is -0.940. The number of alkyl carbamates (subject to hydrolysis) is 1. The topological polar surface area (TPSA) is 105 Å². The van der Waals surface area contributed by atoms with Gasteiger partial charge in [0.15, 0.2) is 0 Å². The van der Waals surface area contributed by atoms with Crippen molar-refractivity contribution >= 4 is 18.0 Å². The van der Waals surface area contributed by atoms with Crippen molar-refractivity contribution in [2.45, 2.75) is 19.3 Å². The molecule has 0 aliphatic heterocycles. The van der Waals surface area contributed by atoms with Crippen LogP contribution in [-0.2, 0) is 14.3 Å². The van der Waals surface area contributed by atoms with Crippen molar-refractivity contribution in [3.8, 4) is 11.1 Å². The normalized spacial score (nSPS) is 19.6. The highest BCUT2D eigenvalue weighted by Gasteiger charge is 2.43. The molecule has 4 rings (SSSR count). The summed E-state index contributed by atoms with van der Waals surface area (Å²) in [6, 6.07) is 16.3. The fourth-order valence-corrected chi connectivity index (χ4v) is 4.13. The molecule has 3 N–H and O–H groups in total. The first-order valence-corrected chi connectivity index (χ1v) is 10.5. The average Bonchev–Trinajstić information content (AvgIpc) is 3.49. The van der Waals surface area contributed by atoms with Gasteiger partial charge in [-0.2, -0.15) is 0 Å². The Hall–Kier alpha value is -3.35. The van der Waals surface area contributed by atoms with Crippen molar-refractivity contribution < 1.29 is 24.2 Å². The Kier molecular flexibility index (Phi) is 5.93. The zero-order chi connectivity index (χ0) is 22.0. The average molecular weight is 422 g/mol. The number of carboxylic acid groups (broad SMARTS) is 1. The number of carbonyl (C=O) groups excluding carboxylic acids is 2. The summed E-state index contributed by atoms with van der Waals surface area (Å²) in [5.74, 6) is -1.85. The number of benzene rings is 2. The second-order valence-electron chi connectivity index (χ2n) is 8.29. The maximum absolute atomic E-state index is 12.2. The van der Waals surface area contributed by atoms with Crippen LogP contribution in [-0.4, -0.2) is 42.8 Å². The highest BCUT2D eigenvalue weighted by atomic mass is 16.5. The number of hydrogen-bond acceptors (Lipinski definition) is 4. The van der Waals surface area contributed by atoms with Crippen molar-refractivity contribution in [1.82, 2.24) is 10.6 Å². The Labute approximate surface area is 180 Å². The lowest BCUT2D eigenvalue weighted by atomic mass is 9.98. The molecule has 2 aromatic carbocycles. The molecule has 0 aromatic heterocycles. The summed E-state index contributed by atoms with van der Waals surface area (Å²) in [6.45, 7) is 2.27. The molecular formula is C24H26N2O5. The van der Waals surface area contributed by atoms with Gasteiger partial charge < -0.3 is 20.5 Å². The monoisotopic (exact) mass is 422 g/mol. The molecule has 2 aliphatic carbocycles. The lowest BCUT2D eigenvalue weighted by molar-refractivity contribution is -0.141. The maximum atomic E-state index is 12.2. The van der Waals surface area contributed by atoms with Gasteiger partial charge >= 0.3 is 12.1 Å². The van der Waals surface area contributed by atoms with Gasteiger partial charge in [-0.25, -0.2) is 4.79 Å². The van der Waals surface area contributed by atoms with Gasteiger partial charge in [0.1, 0.15) is 6.61 Å². The molecule has 3 atom stereocenters. The minimum absolute atomic E-state index is 0.00817. The summed E-state index contributed by atoms with van der Waals surface area (Å²) in [4.78, 5) is 35.1. The van der Waals surface area contributed by atoms with Crippen molar-refractivity contribution in [1.29, 1.82) is 0 Å². The predicted octanol–water partition coefficient (Wildman–Crippen LogP) is 3.00. The standard InChI is InChI=1S/C24H26N2O5/c1-14(23(28)29)11-25-22(27)20-10-15(20)12-26-24(30)31-13-21-18-8-4-2-6-16(18)17-7-3-5-9-19(17)21/h2-9,14-15,20-21H,10-13H2,1H3,(H,25,27)(H,26,30)(H,28,29)/t14?,15-,20-/m0/s1. The van der Waals surface area contributed by atoms with E-state index in [1.165, 1.54) is 11.1 Å². The number of fused-ring (bicyclic) bond motifs is 3. The molecule has 0 spiro atoms. The third-order valence-corrected chi connectivity index (χ3v) is 6.12. The van der Waals surface area contributed by atoms with Crippen molar-refractivity contribution in [3.63, 3.8) is 0 Å². The van der Waals surface area contributed by atoms with Gasteiger partial charge in [-0.15, -0.1) is 0 Å². The summed E-state index contributed by atoms with van der Waals surface area (Å²) < 4.78 is 5.50. The minimum Gasteiger partial charge on any atom is -0.481 e. The van der Waals surface area contributed by atoms with Crippen LogP contribution in [0, 0.1) is 17.8 Å². The van der Waals surface area contributed by atoms with Gasteiger partial charge in [0.25, 0.3) is 0 Å². The number of rotatable bonds is 8. The van der Waals surface area contributed by atoms with E-state index >= 15 is 0 Å². The SMILES string of the molecule is CC(CNC(=O)[C@H]1C[C@H]1CNC(=O)OCC1c2ccccc2-c2ccccc21)C(=O)O. The van der Waals surface area contributed by atoms with E-state index in [0.717, 1.165) is 11.1 Å². The number of ether oxygens (including phenoxy) is 1. The number of nitrogens with one attached hydrogen (secondary N) is 2. The Morgan fingerprint density at radius 3 is 2.26 bits per heavy atom. The van der Waals surface area contributed by atoms with E-state index in [9.17, 15) is 14.4 Å². The highest BCUT2D eigenvalue weighted by Crippen LogP contribution is 2.44. The molecule has 1 saturated carbocycles. The van der Waals surface area contributed by atoms with E-state index in [0.29, 0.717) is 13.0 Å². The van der Waals surface area contributed by atoms with Gasteiger partial charge in [0.2, 0.25) is 5.91 Å². The second-order valence-corrected chi connectivity index (χ2v) is 8.29.